The minimum atomic E-state index is -0.355. The van der Waals surface area contributed by atoms with Crippen LogP contribution in [0.5, 0.6) is 5.75 Å². The first-order valence-corrected chi connectivity index (χ1v) is 10.0. The summed E-state index contributed by atoms with van der Waals surface area (Å²) in [5.41, 5.74) is 1.95. The fraction of sp³-hybridized carbons (Fsp3) is 0.409. The van der Waals surface area contributed by atoms with Gasteiger partial charge in [0.15, 0.2) is 0 Å². The highest BCUT2D eigenvalue weighted by Crippen LogP contribution is 2.34. The van der Waals surface area contributed by atoms with Crippen LogP contribution in [0.3, 0.4) is 0 Å². The first-order valence-electron chi connectivity index (χ1n) is 9.63. The number of piperidine rings is 1. The van der Waals surface area contributed by atoms with E-state index in [0.717, 1.165) is 48.8 Å². The number of benzene rings is 2. The molecule has 1 amide bonds. The first-order chi connectivity index (χ1) is 13.5. The van der Waals surface area contributed by atoms with Gasteiger partial charge in [0.25, 0.3) is 0 Å². The molecule has 2 fully saturated rings. The second-order valence-electron chi connectivity index (χ2n) is 7.66. The summed E-state index contributed by atoms with van der Waals surface area (Å²) in [6, 6.07) is 15.8. The van der Waals surface area contributed by atoms with Crippen molar-refractivity contribution < 1.29 is 14.3 Å². The Labute approximate surface area is 170 Å². The van der Waals surface area contributed by atoms with Gasteiger partial charge in [0, 0.05) is 44.0 Å². The van der Waals surface area contributed by atoms with Crippen molar-refractivity contribution in [2.75, 3.05) is 26.7 Å². The van der Waals surface area contributed by atoms with Gasteiger partial charge in [0.2, 0.25) is 0 Å². The minimum Gasteiger partial charge on any atom is -0.497 e. The molecule has 4 rings (SSSR count). The van der Waals surface area contributed by atoms with Crippen molar-refractivity contribution in [3.05, 3.63) is 64.7 Å². The maximum Gasteiger partial charge on any atom is 0.410 e. The van der Waals surface area contributed by atoms with Gasteiger partial charge in [-0.1, -0.05) is 35.9 Å². The van der Waals surface area contributed by atoms with Gasteiger partial charge in [-0.15, -0.1) is 0 Å². The predicted molar refractivity (Wildman–Crippen MR) is 109 cm³/mol. The Hall–Kier alpha value is -2.24. The number of amides is 1. The number of likely N-dealkylation sites (tertiary alicyclic amines) is 1. The van der Waals surface area contributed by atoms with Gasteiger partial charge in [-0.3, -0.25) is 9.80 Å². The Morgan fingerprint density at radius 3 is 2.54 bits per heavy atom. The van der Waals surface area contributed by atoms with E-state index in [0.29, 0.717) is 13.1 Å². The van der Waals surface area contributed by atoms with Gasteiger partial charge in [-0.05, 0) is 35.4 Å². The number of carbonyl (C=O) groups is 1. The summed E-state index contributed by atoms with van der Waals surface area (Å²) in [6.07, 6.45) is 1.51. The number of carbonyl (C=O) groups excluding carboxylic acids is 1. The van der Waals surface area contributed by atoms with Crippen molar-refractivity contribution in [2.45, 2.75) is 31.5 Å². The molecule has 2 aromatic carbocycles. The summed E-state index contributed by atoms with van der Waals surface area (Å²) in [4.78, 5) is 16.7. The zero-order chi connectivity index (χ0) is 19.6. The zero-order valence-corrected chi connectivity index (χ0v) is 16.8. The summed E-state index contributed by atoms with van der Waals surface area (Å²) >= 11 is 5.96. The number of nitrogens with zero attached hydrogens (tertiary/aromatic N) is 2. The predicted octanol–water partition coefficient (Wildman–Crippen LogP) is 4.34. The van der Waals surface area contributed by atoms with Crippen LogP contribution >= 0.6 is 11.6 Å². The molecule has 28 heavy (non-hydrogen) atoms. The number of methoxy groups -OCH3 is 1. The van der Waals surface area contributed by atoms with E-state index < -0.39 is 0 Å². The van der Waals surface area contributed by atoms with Crippen LogP contribution in [0.2, 0.25) is 5.02 Å². The zero-order valence-electron chi connectivity index (χ0n) is 16.1. The lowest BCUT2D eigenvalue weighted by Gasteiger charge is -2.37. The number of ether oxygens (including phenoxy) is 2. The van der Waals surface area contributed by atoms with Crippen molar-refractivity contribution >= 4 is 17.7 Å². The fourth-order valence-electron chi connectivity index (χ4n) is 4.03. The van der Waals surface area contributed by atoms with Crippen LogP contribution in [0.4, 0.5) is 4.79 Å². The summed E-state index contributed by atoms with van der Waals surface area (Å²) in [5.74, 6) is 0.801. The number of hydrogen-bond acceptors (Lipinski definition) is 4. The molecule has 0 saturated carbocycles. The van der Waals surface area contributed by atoms with Crippen molar-refractivity contribution in [1.82, 2.24) is 9.80 Å². The van der Waals surface area contributed by atoms with E-state index in [-0.39, 0.29) is 11.7 Å². The van der Waals surface area contributed by atoms with E-state index in [1.807, 2.05) is 41.3 Å². The summed E-state index contributed by atoms with van der Waals surface area (Å²) in [6.45, 7) is 3.94. The fourth-order valence-corrected chi connectivity index (χ4v) is 4.16. The van der Waals surface area contributed by atoms with E-state index in [4.69, 9.17) is 21.1 Å². The second kappa shape index (κ2) is 8.02. The van der Waals surface area contributed by atoms with Crippen molar-refractivity contribution in [3.63, 3.8) is 0 Å². The van der Waals surface area contributed by atoms with Gasteiger partial charge in [0.05, 0.1) is 13.7 Å². The second-order valence-corrected chi connectivity index (χ2v) is 8.10. The highest BCUT2D eigenvalue weighted by molar-refractivity contribution is 6.30. The van der Waals surface area contributed by atoms with E-state index in [1.165, 1.54) is 5.56 Å². The first kappa shape index (κ1) is 19.1. The largest absolute Gasteiger partial charge is 0.497 e. The topological polar surface area (TPSA) is 42.0 Å². The Morgan fingerprint density at radius 2 is 1.82 bits per heavy atom. The Bertz CT molecular complexity index is 832. The molecule has 5 nitrogen and oxygen atoms in total. The van der Waals surface area contributed by atoms with E-state index in [2.05, 4.69) is 17.0 Å². The quantitative estimate of drug-likeness (QED) is 0.748. The molecule has 0 unspecified atom stereocenters. The lowest BCUT2D eigenvalue weighted by molar-refractivity contribution is -0.00125. The lowest BCUT2D eigenvalue weighted by atomic mass is 9.91. The number of halogens is 1. The SMILES string of the molecule is COc1cccc(CN2CC3(CCN(Cc4ccc(Cl)cc4)CC3)OC2=O)c1. The van der Waals surface area contributed by atoms with Crippen molar-refractivity contribution in [3.8, 4) is 5.75 Å². The molecule has 2 aliphatic heterocycles. The van der Waals surface area contributed by atoms with Crippen LogP contribution in [0, 0.1) is 0 Å². The monoisotopic (exact) mass is 400 g/mol. The molecule has 0 N–H and O–H groups in total. The third-order valence-corrected chi connectivity index (χ3v) is 5.89. The van der Waals surface area contributed by atoms with Gasteiger partial charge in [0.1, 0.15) is 11.4 Å². The molecule has 0 aliphatic carbocycles. The summed E-state index contributed by atoms with van der Waals surface area (Å²) < 4.78 is 11.1. The molecule has 0 bridgehead atoms. The smallest absolute Gasteiger partial charge is 0.410 e. The van der Waals surface area contributed by atoms with Gasteiger partial charge in [-0.25, -0.2) is 4.79 Å². The van der Waals surface area contributed by atoms with E-state index >= 15 is 0 Å². The van der Waals surface area contributed by atoms with E-state index in [1.54, 1.807) is 7.11 Å². The van der Waals surface area contributed by atoms with E-state index in [9.17, 15) is 4.79 Å². The average Bonchev–Trinajstić information content (AvgIpc) is 3.00. The van der Waals surface area contributed by atoms with Crippen LogP contribution in [0.25, 0.3) is 0 Å². The molecule has 1 spiro atoms. The maximum atomic E-state index is 12.5. The molecular weight excluding hydrogens is 376 g/mol. The Balaban J connectivity index is 1.34. The van der Waals surface area contributed by atoms with Crippen LogP contribution in [-0.4, -0.2) is 48.2 Å². The molecule has 0 radical (unpaired) electrons. The standard InChI is InChI=1S/C22H25ClN2O3/c1-27-20-4-2-3-18(13-20)15-25-16-22(28-21(25)26)9-11-24(12-10-22)14-17-5-7-19(23)8-6-17/h2-8,13H,9-12,14-16H2,1H3. The molecule has 2 aromatic rings. The molecule has 2 aliphatic rings. The third kappa shape index (κ3) is 4.26. The lowest BCUT2D eigenvalue weighted by Crippen LogP contribution is -2.46. The number of rotatable bonds is 5. The summed E-state index contributed by atoms with van der Waals surface area (Å²) in [7, 11) is 1.65. The minimum absolute atomic E-state index is 0.214. The highest BCUT2D eigenvalue weighted by atomic mass is 35.5. The number of hydrogen-bond donors (Lipinski definition) is 0. The molecule has 2 saturated heterocycles. The Morgan fingerprint density at radius 1 is 1.07 bits per heavy atom. The highest BCUT2D eigenvalue weighted by Gasteiger charge is 2.46. The molecule has 148 valence electrons. The summed E-state index contributed by atoms with van der Waals surface area (Å²) in [5, 5.41) is 0.760. The average molecular weight is 401 g/mol. The van der Waals surface area contributed by atoms with Gasteiger partial charge < -0.3 is 9.47 Å². The maximum absolute atomic E-state index is 12.5. The molecular formula is C22H25ClN2O3. The van der Waals surface area contributed by atoms with Crippen molar-refractivity contribution in [2.24, 2.45) is 0 Å². The molecule has 2 heterocycles. The molecule has 0 atom stereocenters. The van der Waals surface area contributed by atoms with Crippen LogP contribution in [0.1, 0.15) is 24.0 Å². The third-order valence-electron chi connectivity index (χ3n) is 5.64. The van der Waals surface area contributed by atoms with Crippen molar-refractivity contribution in [1.29, 1.82) is 0 Å². The van der Waals surface area contributed by atoms with Crippen LogP contribution < -0.4 is 4.74 Å². The van der Waals surface area contributed by atoms with Crippen LogP contribution in [-0.2, 0) is 17.8 Å². The normalized spacial score (nSPS) is 19.1. The van der Waals surface area contributed by atoms with Crippen LogP contribution in [0.15, 0.2) is 48.5 Å². The van der Waals surface area contributed by atoms with Gasteiger partial charge in [-0.2, -0.15) is 0 Å². The molecule has 6 heteroatoms. The molecule has 0 aromatic heterocycles. The van der Waals surface area contributed by atoms with Gasteiger partial charge >= 0.3 is 6.09 Å². The Kier molecular flexibility index (Phi) is 5.47.